The fourth-order valence-electron chi connectivity index (χ4n) is 11.5. The third-order valence-corrected chi connectivity index (χ3v) is 22.6. The molecule has 0 aliphatic carbocycles. The van der Waals surface area contributed by atoms with Gasteiger partial charge < -0.3 is 14.2 Å². The van der Waals surface area contributed by atoms with Gasteiger partial charge >= 0.3 is 5.91 Å². The van der Waals surface area contributed by atoms with Crippen molar-refractivity contribution in [3.8, 4) is 29.1 Å². The van der Waals surface area contributed by atoms with Crippen LogP contribution in [0.1, 0.15) is 272 Å². The predicted octanol–water partition coefficient (Wildman–Crippen LogP) is 23.8. The maximum atomic E-state index is 11.4. The van der Waals surface area contributed by atoms with Gasteiger partial charge in [-0.3, -0.25) is 0 Å². The molecule has 6 rings (SSSR count). The summed E-state index contributed by atoms with van der Waals surface area (Å²) < 4.78 is 19.6. The molecular formula is C81H123NO4P2Pt+2. The van der Waals surface area contributed by atoms with E-state index in [0.29, 0.717) is 64.0 Å². The van der Waals surface area contributed by atoms with Crippen molar-refractivity contribution in [2.24, 2.45) is 0 Å². The number of rotatable bonds is 44. The summed E-state index contributed by atoms with van der Waals surface area (Å²) in [5.41, 5.74) is 3.06. The van der Waals surface area contributed by atoms with Crippen LogP contribution in [0.3, 0.4) is 0 Å². The fraction of sp³-hybridized carbons (Fsp3) is 0.593. The van der Waals surface area contributed by atoms with Crippen LogP contribution in [0.15, 0.2) is 91.0 Å². The molecular weight excluding hydrogens is 1310 g/mol. The van der Waals surface area contributed by atoms with Crippen molar-refractivity contribution in [2.45, 2.75) is 255 Å². The minimum Gasteiger partial charge on any atom is -0.490 e. The van der Waals surface area contributed by atoms with Gasteiger partial charge in [0.2, 0.25) is 5.75 Å². The predicted molar refractivity (Wildman–Crippen MR) is 392 cm³/mol. The summed E-state index contributed by atoms with van der Waals surface area (Å²) >= 11 is 0. The molecule has 0 unspecified atom stereocenters. The molecule has 5 nitrogen and oxygen atoms in total. The number of ether oxygens (including phenoxy) is 3. The summed E-state index contributed by atoms with van der Waals surface area (Å²) in [6.45, 7) is 22.4. The molecule has 1 amide bonds. The van der Waals surface area contributed by atoms with Crippen molar-refractivity contribution < 1.29 is 45.4 Å². The number of amides is 1. The maximum absolute atomic E-state index is 11.4. The molecule has 494 valence electrons. The molecule has 0 spiro atoms. The van der Waals surface area contributed by atoms with Crippen LogP contribution in [0, 0.1) is 24.7 Å². The van der Waals surface area contributed by atoms with E-state index in [4.69, 9.17) is 27.1 Å². The van der Waals surface area contributed by atoms with Crippen molar-refractivity contribution in [3.63, 3.8) is 0 Å². The monoisotopic (exact) mass is 1430 g/mol. The minimum absolute atomic E-state index is 0. The second-order valence-corrected chi connectivity index (χ2v) is 30.5. The van der Waals surface area contributed by atoms with E-state index in [2.05, 4.69) is 123 Å². The molecule has 3 N–H and O–H groups in total. The molecule has 0 aliphatic heterocycles. The van der Waals surface area contributed by atoms with E-state index >= 15 is 0 Å². The van der Waals surface area contributed by atoms with Crippen molar-refractivity contribution >= 4 is 59.8 Å². The van der Waals surface area contributed by atoms with Crippen LogP contribution in [-0.2, 0) is 21.1 Å². The average molecular weight is 1430 g/mol. The van der Waals surface area contributed by atoms with Crippen LogP contribution in [0.5, 0.6) is 17.2 Å². The Kier molecular flexibility index (Phi) is 48.8. The molecule has 0 atom stereocenters. The van der Waals surface area contributed by atoms with E-state index < -0.39 is 0 Å². The average Bonchev–Trinajstić information content (AvgIpc) is 0.817. The Hall–Kier alpha value is -3.94. The van der Waals surface area contributed by atoms with E-state index in [1.807, 2.05) is 42.5 Å². The van der Waals surface area contributed by atoms with Crippen molar-refractivity contribution in [3.05, 3.63) is 121 Å². The van der Waals surface area contributed by atoms with Gasteiger partial charge in [-0.15, -0.1) is 15.8 Å². The van der Waals surface area contributed by atoms with Crippen molar-refractivity contribution in [1.82, 2.24) is 0 Å². The number of carbonyl (C=O) groups excluding carboxylic acids is 1. The van der Waals surface area contributed by atoms with Gasteiger partial charge in [-0.2, -0.15) is 5.32 Å². The first kappa shape index (κ1) is 81.2. The Morgan fingerprint density at radius 1 is 0.404 bits per heavy atom. The number of nitrogens with two attached hydrogens (primary N) is 1. The molecule has 8 heteroatoms. The largest absolute Gasteiger partial charge is 0.516 e. The molecule has 0 heterocycles. The summed E-state index contributed by atoms with van der Waals surface area (Å²) in [6, 6.07) is 30.2. The molecule has 6 aromatic rings. The molecule has 0 saturated carbocycles. The quantitative estimate of drug-likeness (QED) is 0.0104. The van der Waals surface area contributed by atoms with E-state index in [9.17, 15) is 4.79 Å². The first-order valence-corrected chi connectivity index (χ1v) is 39.5. The summed E-state index contributed by atoms with van der Waals surface area (Å²) in [7, 11) is 0.892. The van der Waals surface area contributed by atoms with Crippen LogP contribution in [-0.4, -0.2) is 67.5 Å². The van der Waals surface area contributed by atoms with Gasteiger partial charge in [0.1, 0.15) is 11.3 Å². The van der Waals surface area contributed by atoms with Crippen LogP contribution >= 0.6 is 15.8 Å². The van der Waals surface area contributed by atoms with Crippen LogP contribution in [0.25, 0.3) is 32.3 Å². The van der Waals surface area contributed by atoms with Crippen LogP contribution in [0.2, 0.25) is 0 Å². The standard InChI is InChI=1S/C51H82NO4.C18H9.2C6H15P.Pt/c1-5-9-12-15-18-21-24-27-30-33-40-54-48-43-46(51(53)52-47-38-36-45(8-4)37-39-47)44-49(55-41-34-31-28-25-22-19-16-13-10-6-2)50(48)56-42-35-32-29-26-23-20-17-14-11-7-3;1-2-12-6-7-15-9-8-13-4-3-5-14-10-11-16(12)18(15)17(13)14;2*1-4-7(5-2)6-3;/h36-39,43-44H,5-7,9-35,40-42H2,1-3H3,(H,52,53);3-11H;2*4-6H2,1-3H3;/p+2. The smallest absolute Gasteiger partial charge is 0.490 e. The molecule has 0 aliphatic rings. The van der Waals surface area contributed by atoms with Gasteiger partial charge in [-0.1, -0.05) is 296 Å². The first-order valence-electron chi connectivity index (χ1n) is 35.7. The van der Waals surface area contributed by atoms with E-state index in [-0.39, 0.29) is 27.0 Å². The Balaban J connectivity index is 0.000000651. The summed E-state index contributed by atoms with van der Waals surface area (Å²) in [5.74, 6) is 7.06. The van der Waals surface area contributed by atoms with Crippen LogP contribution < -0.4 is 19.5 Å². The summed E-state index contributed by atoms with van der Waals surface area (Å²) in [6.07, 6.45) is 61.7. The Labute approximate surface area is 562 Å². The van der Waals surface area contributed by atoms with Crippen molar-refractivity contribution in [1.29, 1.82) is 0 Å². The molecule has 0 saturated heterocycles. The van der Waals surface area contributed by atoms with Gasteiger partial charge in [-0.05, 0) is 120 Å². The molecule has 0 bridgehead atoms. The number of hydrogen-bond acceptors (Lipinski definition) is 3. The third-order valence-electron chi connectivity index (χ3n) is 17.3. The Morgan fingerprint density at radius 2 is 0.753 bits per heavy atom. The van der Waals surface area contributed by atoms with Gasteiger partial charge in [-0.25, -0.2) is 4.79 Å². The second-order valence-electron chi connectivity index (χ2n) is 24.0. The third kappa shape index (κ3) is 33.5. The van der Waals surface area contributed by atoms with Crippen LogP contribution in [0.4, 0.5) is 5.69 Å². The van der Waals surface area contributed by atoms with Gasteiger partial charge in [0, 0.05) is 56.5 Å². The van der Waals surface area contributed by atoms with Crippen molar-refractivity contribution in [2.75, 3.05) is 56.8 Å². The van der Waals surface area contributed by atoms with Gasteiger partial charge in [0.15, 0.2) is 11.5 Å². The number of quaternary nitrogens is 1. The topological polar surface area (TPSA) is 65.7 Å². The summed E-state index contributed by atoms with van der Waals surface area (Å²) in [4.78, 5) is 11.4. The Bertz CT molecular complexity index is 2690. The van der Waals surface area contributed by atoms with E-state index in [1.165, 1.54) is 218 Å². The zero-order valence-corrected chi connectivity index (χ0v) is 61.8. The second kappa shape index (κ2) is 53.6. The van der Waals surface area contributed by atoms with E-state index in [0.717, 1.165) is 55.2 Å². The SMILES string of the molecule is CCP(CC)CC.CCP(CC)CC.[C]#Cc1ccc([NH2+]C(=[OH+])c2cc(OCCCCCCCCCCCC)c(OCCCCCCCCCCCC)c(OCCCCCCCCCCCC)c2)cc1.[C]#Cc1ccc2ccc3cccc4ccc1c2c34.[Pt]. The number of primary amides is 1. The maximum Gasteiger partial charge on any atom is 0.516 e. The molecule has 89 heavy (non-hydrogen) atoms. The molecule has 0 fully saturated rings. The molecule has 2 radical (unpaired) electrons. The number of unbranched alkanes of at least 4 members (excludes halogenated alkanes) is 27. The fourth-order valence-corrected chi connectivity index (χ4v) is 14.2. The zero-order chi connectivity index (χ0) is 63.7. The van der Waals surface area contributed by atoms with Gasteiger partial charge in [0.05, 0.1) is 19.8 Å². The number of hydrogen-bond donors (Lipinski definition) is 1. The zero-order valence-electron chi connectivity index (χ0n) is 57.7. The normalized spacial score (nSPS) is 10.9. The summed E-state index contributed by atoms with van der Waals surface area (Å²) in [5, 5.41) is 9.17. The first-order chi connectivity index (χ1) is 43.2. The Morgan fingerprint density at radius 3 is 1.11 bits per heavy atom. The number of benzene rings is 6. The van der Waals surface area contributed by atoms with Gasteiger partial charge in [0.25, 0.3) is 0 Å². The molecule has 0 aromatic heterocycles. The van der Waals surface area contributed by atoms with E-state index in [1.54, 1.807) is 5.32 Å². The molecule has 6 aromatic carbocycles. The minimum atomic E-state index is 0.